The minimum absolute atomic E-state index is 0.882. The lowest BCUT2D eigenvalue weighted by Crippen LogP contribution is -2.15. The van der Waals surface area contributed by atoms with E-state index in [9.17, 15) is 0 Å². The Morgan fingerprint density at radius 3 is 1.86 bits per heavy atom. The van der Waals surface area contributed by atoms with E-state index in [1.54, 1.807) is 0 Å². The molecule has 1 aliphatic rings. The van der Waals surface area contributed by atoms with E-state index in [1.807, 2.05) is 0 Å². The molecule has 1 aromatic carbocycles. The summed E-state index contributed by atoms with van der Waals surface area (Å²) in [5.74, 6) is 3.04. The van der Waals surface area contributed by atoms with E-state index in [2.05, 4.69) is 38.1 Å². The van der Waals surface area contributed by atoms with Gasteiger partial charge in [-0.3, -0.25) is 0 Å². The maximum Gasteiger partial charge on any atom is 0.119 e. The van der Waals surface area contributed by atoms with E-state index in [0.29, 0.717) is 0 Å². The molecule has 0 atom stereocenters. The van der Waals surface area contributed by atoms with E-state index in [4.69, 9.17) is 4.74 Å². The van der Waals surface area contributed by atoms with Crippen molar-refractivity contribution < 1.29 is 4.74 Å². The third-order valence-corrected chi connectivity index (χ3v) is 6.95. The first-order valence-corrected chi connectivity index (χ1v) is 13.0. The van der Waals surface area contributed by atoms with Crippen LogP contribution in [-0.2, 0) is 6.42 Å². The van der Waals surface area contributed by atoms with Crippen molar-refractivity contribution in [2.24, 2.45) is 11.8 Å². The van der Waals surface area contributed by atoms with E-state index < -0.39 is 0 Å². The maximum absolute atomic E-state index is 6.01. The van der Waals surface area contributed by atoms with E-state index in [0.717, 1.165) is 24.2 Å². The molecule has 0 heterocycles. The van der Waals surface area contributed by atoms with Gasteiger partial charge in [0.1, 0.15) is 5.75 Å². The summed E-state index contributed by atoms with van der Waals surface area (Å²) in [5, 5.41) is 0. The van der Waals surface area contributed by atoms with Gasteiger partial charge in [-0.25, -0.2) is 0 Å². The minimum atomic E-state index is 0.882. The lowest BCUT2D eigenvalue weighted by Gasteiger charge is -2.28. The first-order chi connectivity index (χ1) is 14.3. The van der Waals surface area contributed by atoms with E-state index in [1.165, 1.54) is 115 Å². The van der Waals surface area contributed by atoms with Crippen molar-refractivity contribution in [2.75, 3.05) is 6.61 Å². The van der Waals surface area contributed by atoms with Crippen LogP contribution in [0.1, 0.15) is 122 Å². The van der Waals surface area contributed by atoms with Crippen LogP contribution in [0.4, 0.5) is 0 Å². The van der Waals surface area contributed by atoms with Crippen LogP contribution in [0.3, 0.4) is 0 Å². The maximum atomic E-state index is 6.01. The summed E-state index contributed by atoms with van der Waals surface area (Å²) in [4.78, 5) is 0. The molecule has 1 aliphatic carbocycles. The van der Waals surface area contributed by atoms with Gasteiger partial charge in [-0.05, 0) is 55.2 Å². The molecule has 0 radical (unpaired) electrons. The van der Waals surface area contributed by atoms with Crippen LogP contribution in [0.5, 0.6) is 5.75 Å². The zero-order valence-corrected chi connectivity index (χ0v) is 19.6. The molecule has 29 heavy (non-hydrogen) atoms. The fraction of sp³-hybridized carbons (Fsp3) is 0.786. The molecular formula is C28H48O. The van der Waals surface area contributed by atoms with Gasteiger partial charge in [-0.15, -0.1) is 0 Å². The van der Waals surface area contributed by atoms with Crippen molar-refractivity contribution in [2.45, 2.75) is 123 Å². The highest BCUT2D eigenvalue weighted by molar-refractivity contribution is 5.27. The number of hydrogen-bond donors (Lipinski definition) is 0. The van der Waals surface area contributed by atoms with E-state index >= 15 is 0 Å². The van der Waals surface area contributed by atoms with Gasteiger partial charge in [0.25, 0.3) is 0 Å². The van der Waals surface area contributed by atoms with Gasteiger partial charge in [-0.2, -0.15) is 0 Å². The number of aryl methyl sites for hydroxylation is 1. The van der Waals surface area contributed by atoms with Crippen molar-refractivity contribution in [1.82, 2.24) is 0 Å². The van der Waals surface area contributed by atoms with Crippen molar-refractivity contribution in [1.29, 1.82) is 0 Å². The summed E-state index contributed by atoms with van der Waals surface area (Å²) in [6, 6.07) is 8.88. The summed E-state index contributed by atoms with van der Waals surface area (Å²) in [6.45, 7) is 5.47. The Labute approximate surface area is 182 Å². The summed E-state index contributed by atoms with van der Waals surface area (Å²) < 4.78 is 6.01. The van der Waals surface area contributed by atoms with Gasteiger partial charge in [0.15, 0.2) is 0 Å². The molecule has 0 spiro atoms. The van der Waals surface area contributed by atoms with Gasteiger partial charge in [0, 0.05) is 0 Å². The molecule has 0 amide bonds. The summed E-state index contributed by atoms with van der Waals surface area (Å²) in [6.07, 6.45) is 23.6. The Hall–Kier alpha value is -0.980. The molecule has 1 fully saturated rings. The van der Waals surface area contributed by atoms with Crippen LogP contribution in [0.2, 0.25) is 0 Å². The van der Waals surface area contributed by atoms with Crippen molar-refractivity contribution in [3.8, 4) is 5.75 Å². The first-order valence-electron chi connectivity index (χ1n) is 13.0. The van der Waals surface area contributed by atoms with Crippen LogP contribution >= 0.6 is 0 Å². The summed E-state index contributed by atoms with van der Waals surface area (Å²) in [7, 11) is 0. The van der Waals surface area contributed by atoms with Crippen LogP contribution in [0.15, 0.2) is 24.3 Å². The number of unbranched alkanes of at least 4 members (excludes halogenated alkanes) is 7. The molecule has 0 N–H and O–H groups in total. The second-order valence-electron chi connectivity index (χ2n) is 9.53. The highest BCUT2D eigenvalue weighted by Crippen LogP contribution is 2.34. The van der Waals surface area contributed by atoms with E-state index in [-0.39, 0.29) is 0 Å². The molecular weight excluding hydrogens is 352 g/mol. The SMILES string of the molecule is CCCCCCCCc1ccc(OCCC[C@H]2CC[C@H](CCCCC)CC2)cc1. The Kier molecular flexibility index (Phi) is 13.2. The largest absolute Gasteiger partial charge is 0.494 e. The van der Waals surface area contributed by atoms with Gasteiger partial charge in [-0.1, -0.05) is 109 Å². The minimum Gasteiger partial charge on any atom is -0.494 e. The predicted molar refractivity (Wildman–Crippen MR) is 128 cm³/mol. The van der Waals surface area contributed by atoms with Crippen molar-refractivity contribution in [3.05, 3.63) is 29.8 Å². The van der Waals surface area contributed by atoms with Crippen LogP contribution in [-0.4, -0.2) is 6.61 Å². The fourth-order valence-corrected chi connectivity index (χ4v) is 4.92. The van der Waals surface area contributed by atoms with Crippen LogP contribution in [0.25, 0.3) is 0 Å². The Morgan fingerprint density at radius 1 is 0.655 bits per heavy atom. The molecule has 1 aromatic rings. The summed E-state index contributed by atoms with van der Waals surface area (Å²) in [5.41, 5.74) is 1.46. The topological polar surface area (TPSA) is 9.23 Å². The van der Waals surface area contributed by atoms with Gasteiger partial charge < -0.3 is 4.74 Å². The average Bonchev–Trinajstić information content (AvgIpc) is 2.76. The number of rotatable bonds is 16. The molecule has 0 bridgehead atoms. The third-order valence-electron chi connectivity index (χ3n) is 6.95. The molecule has 0 aromatic heterocycles. The monoisotopic (exact) mass is 400 g/mol. The lowest BCUT2D eigenvalue weighted by molar-refractivity contribution is 0.228. The number of ether oxygens (including phenoxy) is 1. The fourth-order valence-electron chi connectivity index (χ4n) is 4.92. The van der Waals surface area contributed by atoms with Gasteiger partial charge >= 0.3 is 0 Å². The second-order valence-corrected chi connectivity index (χ2v) is 9.53. The molecule has 1 heteroatoms. The van der Waals surface area contributed by atoms with Crippen LogP contribution in [0, 0.1) is 11.8 Å². The Balaban J connectivity index is 1.49. The van der Waals surface area contributed by atoms with Crippen molar-refractivity contribution >= 4 is 0 Å². The Morgan fingerprint density at radius 2 is 1.21 bits per heavy atom. The molecule has 2 rings (SSSR count). The average molecular weight is 401 g/mol. The molecule has 166 valence electrons. The summed E-state index contributed by atoms with van der Waals surface area (Å²) >= 11 is 0. The van der Waals surface area contributed by atoms with Gasteiger partial charge in [0.2, 0.25) is 0 Å². The van der Waals surface area contributed by atoms with Gasteiger partial charge in [0.05, 0.1) is 6.61 Å². The number of hydrogen-bond acceptors (Lipinski definition) is 1. The third kappa shape index (κ3) is 11.1. The normalized spacial score (nSPS) is 19.4. The molecule has 0 saturated heterocycles. The smallest absolute Gasteiger partial charge is 0.119 e. The highest BCUT2D eigenvalue weighted by Gasteiger charge is 2.20. The Bertz CT molecular complexity index is 484. The predicted octanol–water partition coefficient (Wildman–Crippen LogP) is 9.14. The van der Waals surface area contributed by atoms with Crippen LogP contribution < -0.4 is 4.74 Å². The lowest BCUT2D eigenvalue weighted by atomic mass is 9.78. The second kappa shape index (κ2) is 15.8. The highest BCUT2D eigenvalue weighted by atomic mass is 16.5. The number of benzene rings is 1. The zero-order chi connectivity index (χ0) is 20.6. The molecule has 1 saturated carbocycles. The molecule has 1 nitrogen and oxygen atoms in total. The molecule has 0 aliphatic heterocycles. The standard InChI is InChI=1S/C28H48O/c1-3-5-7-8-9-11-14-26-20-22-28(23-21-26)29-24-12-15-27-18-16-25(17-19-27)13-10-6-4-2/h20-23,25,27H,3-19,24H2,1-2H3/t25-,27-. The molecule has 0 unspecified atom stereocenters. The zero-order valence-electron chi connectivity index (χ0n) is 19.6. The quantitative estimate of drug-likeness (QED) is 0.251. The van der Waals surface area contributed by atoms with Crippen molar-refractivity contribution in [3.63, 3.8) is 0 Å². The first kappa shape index (κ1) is 24.3.